The number of anilines is 1. The molecule has 76 valence electrons. The van der Waals surface area contributed by atoms with Gasteiger partial charge in [0, 0.05) is 13.1 Å². The molecule has 0 bridgehead atoms. The zero-order valence-corrected chi connectivity index (χ0v) is 8.53. The topological polar surface area (TPSA) is 40.5 Å². The number of rotatable bonds is 3. The zero-order chi connectivity index (χ0) is 10.6. The van der Waals surface area contributed by atoms with Gasteiger partial charge in [0.2, 0.25) is 5.43 Å². The van der Waals surface area contributed by atoms with Crippen LogP contribution in [0.15, 0.2) is 29.1 Å². The molecule has 0 heterocycles. The van der Waals surface area contributed by atoms with Crippen molar-refractivity contribution < 1.29 is 5.11 Å². The minimum atomic E-state index is -0.336. The van der Waals surface area contributed by atoms with Gasteiger partial charge in [-0.3, -0.25) is 4.79 Å². The fourth-order valence-corrected chi connectivity index (χ4v) is 1.39. The van der Waals surface area contributed by atoms with Crippen LogP contribution in [0.4, 0.5) is 5.69 Å². The summed E-state index contributed by atoms with van der Waals surface area (Å²) in [6.07, 6.45) is 0. The SMILES string of the molecule is CCN(CC)c1ccccc(=O)c1O. The normalized spacial score (nSPS) is 9.86. The molecule has 0 fully saturated rings. The van der Waals surface area contributed by atoms with Gasteiger partial charge in [-0.2, -0.15) is 0 Å². The molecule has 14 heavy (non-hydrogen) atoms. The van der Waals surface area contributed by atoms with Crippen LogP contribution < -0.4 is 10.3 Å². The Kier molecular flexibility index (Phi) is 3.51. The van der Waals surface area contributed by atoms with Crippen molar-refractivity contribution in [1.82, 2.24) is 0 Å². The van der Waals surface area contributed by atoms with Gasteiger partial charge in [-0.05, 0) is 26.0 Å². The highest BCUT2D eigenvalue weighted by molar-refractivity contribution is 5.56. The molecule has 0 aromatic heterocycles. The second-order valence-electron chi connectivity index (χ2n) is 2.99. The van der Waals surface area contributed by atoms with E-state index in [9.17, 15) is 9.90 Å². The van der Waals surface area contributed by atoms with Gasteiger partial charge >= 0.3 is 0 Å². The Hall–Kier alpha value is -1.51. The van der Waals surface area contributed by atoms with Crippen LogP contribution in [-0.2, 0) is 0 Å². The summed E-state index contributed by atoms with van der Waals surface area (Å²) >= 11 is 0. The lowest BCUT2D eigenvalue weighted by atomic mass is 10.3. The van der Waals surface area contributed by atoms with Crippen molar-refractivity contribution >= 4 is 5.69 Å². The van der Waals surface area contributed by atoms with Crippen LogP contribution >= 0.6 is 0 Å². The maximum Gasteiger partial charge on any atom is 0.222 e. The van der Waals surface area contributed by atoms with E-state index in [1.807, 2.05) is 18.7 Å². The first-order valence-electron chi connectivity index (χ1n) is 4.78. The molecule has 0 aliphatic carbocycles. The molecule has 0 atom stereocenters. The first kappa shape index (κ1) is 10.6. The van der Waals surface area contributed by atoms with Gasteiger partial charge in [-0.1, -0.05) is 12.1 Å². The summed E-state index contributed by atoms with van der Waals surface area (Å²) in [5, 5.41) is 9.64. The number of hydrogen-bond acceptors (Lipinski definition) is 3. The van der Waals surface area contributed by atoms with Gasteiger partial charge in [0.1, 0.15) is 0 Å². The quantitative estimate of drug-likeness (QED) is 0.792. The average molecular weight is 193 g/mol. The summed E-state index contributed by atoms with van der Waals surface area (Å²) in [6.45, 7) is 5.52. The molecule has 3 nitrogen and oxygen atoms in total. The van der Waals surface area contributed by atoms with Gasteiger partial charge in [0.05, 0.1) is 5.69 Å². The number of nitrogens with zero attached hydrogens (tertiary/aromatic N) is 1. The van der Waals surface area contributed by atoms with Gasteiger partial charge in [-0.15, -0.1) is 0 Å². The monoisotopic (exact) mass is 193 g/mol. The molecule has 0 amide bonds. The van der Waals surface area contributed by atoms with Crippen molar-refractivity contribution in [2.75, 3.05) is 18.0 Å². The lowest BCUT2D eigenvalue weighted by Gasteiger charge is -2.20. The number of hydrogen-bond donors (Lipinski definition) is 1. The van der Waals surface area contributed by atoms with E-state index in [-0.39, 0.29) is 11.2 Å². The van der Waals surface area contributed by atoms with Crippen molar-refractivity contribution in [3.63, 3.8) is 0 Å². The molecule has 1 N–H and O–H groups in total. The van der Waals surface area contributed by atoms with Crippen LogP contribution in [0.1, 0.15) is 13.8 Å². The van der Waals surface area contributed by atoms with E-state index in [4.69, 9.17) is 0 Å². The van der Waals surface area contributed by atoms with Gasteiger partial charge in [0.15, 0.2) is 5.75 Å². The summed E-state index contributed by atoms with van der Waals surface area (Å²) in [5.74, 6) is -0.168. The summed E-state index contributed by atoms with van der Waals surface area (Å²) in [7, 11) is 0. The third-order valence-corrected chi connectivity index (χ3v) is 2.19. The molecule has 0 unspecified atom stereocenters. The van der Waals surface area contributed by atoms with Gasteiger partial charge in [0.25, 0.3) is 0 Å². The molecule has 0 saturated carbocycles. The number of aromatic hydroxyl groups is 1. The van der Waals surface area contributed by atoms with E-state index in [1.165, 1.54) is 6.07 Å². The highest BCUT2D eigenvalue weighted by atomic mass is 16.3. The summed E-state index contributed by atoms with van der Waals surface area (Å²) in [6, 6.07) is 6.51. The Balaban J connectivity index is 3.28. The van der Waals surface area contributed by atoms with Crippen LogP contribution in [0.2, 0.25) is 0 Å². The van der Waals surface area contributed by atoms with Crippen molar-refractivity contribution in [2.45, 2.75) is 13.8 Å². The minimum absolute atomic E-state index is 0.168. The lowest BCUT2D eigenvalue weighted by Crippen LogP contribution is -2.22. The maximum atomic E-state index is 11.3. The third-order valence-electron chi connectivity index (χ3n) is 2.19. The average Bonchev–Trinajstić information content (AvgIpc) is 2.35. The summed E-state index contributed by atoms with van der Waals surface area (Å²) in [4.78, 5) is 13.2. The largest absolute Gasteiger partial charge is 0.503 e. The van der Waals surface area contributed by atoms with E-state index < -0.39 is 0 Å². The van der Waals surface area contributed by atoms with E-state index in [0.717, 1.165) is 13.1 Å². The lowest BCUT2D eigenvalue weighted by molar-refractivity contribution is 0.470. The fraction of sp³-hybridized carbons (Fsp3) is 0.364. The maximum absolute atomic E-state index is 11.3. The predicted molar refractivity (Wildman–Crippen MR) is 57.9 cm³/mol. The van der Waals surface area contributed by atoms with Crippen molar-refractivity contribution in [3.05, 3.63) is 34.5 Å². The molecule has 3 heteroatoms. The van der Waals surface area contributed by atoms with Gasteiger partial charge < -0.3 is 10.0 Å². The van der Waals surface area contributed by atoms with E-state index >= 15 is 0 Å². The molecule has 0 saturated heterocycles. The third kappa shape index (κ3) is 2.05. The minimum Gasteiger partial charge on any atom is -0.503 e. The Labute approximate surface area is 83.6 Å². The van der Waals surface area contributed by atoms with Crippen LogP contribution in [0, 0.1) is 0 Å². The smallest absolute Gasteiger partial charge is 0.222 e. The fourth-order valence-electron chi connectivity index (χ4n) is 1.39. The zero-order valence-electron chi connectivity index (χ0n) is 8.53. The molecule has 0 aliphatic heterocycles. The van der Waals surface area contributed by atoms with Crippen LogP contribution in [0.25, 0.3) is 0 Å². The Morgan fingerprint density at radius 3 is 2.36 bits per heavy atom. The Morgan fingerprint density at radius 1 is 1.21 bits per heavy atom. The highest BCUT2D eigenvalue weighted by Crippen LogP contribution is 2.21. The van der Waals surface area contributed by atoms with Crippen molar-refractivity contribution in [1.29, 1.82) is 0 Å². The summed E-state index contributed by atoms with van der Waals surface area (Å²) in [5.41, 5.74) is 0.266. The first-order chi connectivity index (χ1) is 6.70. The van der Waals surface area contributed by atoms with Crippen LogP contribution in [0.3, 0.4) is 0 Å². The molecule has 1 aromatic rings. The van der Waals surface area contributed by atoms with E-state index in [2.05, 4.69) is 0 Å². The van der Waals surface area contributed by atoms with Crippen LogP contribution in [0.5, 0.6) is 5.75 Å². The summed E-state index contributed by atoms with van der Waals surface area (Å²) < 4.78 is 0. The van der Waals surface area contributed by atoms with Crippen molar-refractivity contribution in [2.24, 2.45) is 0 Å². The molecular formula is C11H15NO2. The van der Waals surface area contributed by atoms with E-state index in [1.54, 1.807) is 18.2 Å². The van der Waals surface area contributed by atoms with Crippen LogP contribution in [-0.4, -0.2) is 18.2 Å². The molecule has 1 aromatic carbocycles. The second-order valence-corrected chi connectivity index (χ2v) is 2.99. The second kappa shape index (κ2) is 4.65. The first-order valence-corrected chi connectivity index (χ1v) is 4.78. The standard InChI is InChI=1S/C11H15NO2/c1-3-12(4-2)9-7-5-6-8-10(13)11(9)14/h5-8H,3-4H2,1-2H3,(H,13,14). The van der Waals surface area contributed by atoms with E-state index in [0.29, 0.717) is 5.69 Å². The molecular weight excluding hydrogens is 178 g/mol. The molecule has 0 spiro atoms. The van der Waals surface area contributed by atoms with Crippen molar-refractivity contribution in [3.8, 4) is 5.75 Å². The molecule has 0 aliphatic rings. The Morgan fingerprint density at radius 2 is 1.79 bits per heavy atom. The Bertz CT molecular complexity index is 359. The molecule has 0 radical (unpaired) electrons. The highest BCUT2D eigenvalue weighted by Gasteiger charge is 2.07. The molecule has 1 rings (SSSR count). The predicted octanol–water partition coefficient (Wildman–Crippen LogP) is 1.60. The van der Waals surface area contributed by atoms with Gasteiger partial charge in [-0.25, -0.2) is 0 Å².